The third kappa shape index (κ3) is 7.11. The quantitative estimate of drug-likeness (QED) is 0.724. The van der Waals surface area contributed by atoms with Crippen LogP contribution in [0.1, 0.15) is 40.5 Å². The number of amides is 1. The zero-order valence-corrected chi connectivity index (χ0v) is 11.8. The SMILES string of the molecule is CC[C@H](NC(=O)OC(C)(C)C)[C@@H](N)CC(=O)OC. The normalized spacial score (nSPS) is 14.6. The van der Waals surface area contributed by atoms with Crippen molar-refractivity contribution >= 4 is 12.1 Å². The van der Waals surface area contributed by atoms with Crippen LogP contribution in [0.15, 0.2) is 0 Å². The minimum absolute atomic E-state index is 0.0603. The van der Waals surface area contributed by atoms with Crippen LogP contribution in [0.2, 0.25) is 0 Å². The number of carbonyl (C=O) groups excluding carboxylic acids is 2. The number of nitrogens with one attached hydrogen (secondary N) is 1. The predicted octanol–water partition coefficient (Wildman–Crippen LogP) is 1.18. The standard InChI is InChI=1S/C12H24N2O4/c1-6-9(8(13)7-10(15)17-5)14-11(16)18-12(2,3)4/h8-9H,6-7,13H2,1-5H3,(H,14,16)/t8-,9-/m0/s1. The minimum Gasteiger partial charge on any atom is -0.469 e. The Morgan fingerprint density at radius 2 is 1.89 bits per heavy atom. The Morgan fingerprint density at radius 3 is 2.28 bits per heavy atom. The van der Waals surface area contributed by atoms with Gasteiger partial charge in [0, 0.05) is 12.1 Å². The van der Waals surface area contributed by atoms with Gasteiger partial charge in [0.1, 0.15) is 5.60 Å². The fourth-order valence-electron chi connectivity index (χ4n) is 1.39. The van der Waals surface area contributed by atoms with E-state index in [0.717, 1.165) is 0 Å². The van der Waals surface area contributed by atoms with Crippen molar-refractivity contribution in [1.82, 2.24) is 5.32 Å². The summed E-state index contributed by atoms with van der Waals surface area (Å²) in [7, 11) is 1.30. The molecule has 0 rings (SSSR count). The molecule has 0 aliphatic carbocycles. The molecule has 0 heterocycles. The Labute approximate surface area is 108 Å². The summed E-state index contributed by atoms with van der Waals surface area (Å²) < 4.78 is 9.67. The number of hydrogen-bond donors (Lipinski definition) is 2. The number of carbonyl (C=O) groups is 2. The van der Waals surface area contributed by atoms with Crippen LogP contribution in [0.4, 0.5) is 4.79 Å². The summed E-state index contributed by atoms with van der Waals surface area (Å²) in [5.41, 5.74) is 5.29. The molecule has 0 aromatic heterocycles. The van der Waals surface area contributed by atoms with Crippen LogP contribution in [0, 0.1) is 0 Å². The second-order valence-electron chi connectivity index (χ2n) is 5.11. The first-order chi connectivity index (χ1) is 8.19. The summed E-state index contributed by atoms with van der Waals surface area (Å²) in [6.45, 7) is 7.21. The van der Waals surface area contributed by atoms with Crippen LogP contribution in [-0.4, -0.2) is 36.9 Å². The first-order valence-corrected chi connectivity index (χ1v) is 6.01. The highest BCUT2D eigenvalue weighted by Gasteiger charge is 2.24. The van der Waals surface area contributed by atoms with Gasteiger partial charge in [0.25, 0.3) is 0 Å². The van der Waals surface area contributed by atoms with E-state index in [9.17, 15) is 9.59 Å². The van der Waals surface area contributed by atoms with E-state index in [-0.39, 0.29) is 12.5 Å². The number of rotatable bonds is 5. The van der Waals surface area contributed by atoms with E-state index in [1.807, 2.05) is 6.92 Å². The average Bonchev–Trinajstić information content (AvgIpc) is 2.22. The number of methoxy groups -OCH3 is 1. The Kier molecular flexibility index (Phi) is 6.68. The van der Waals surface area contributed by atoms with E-state index in [4.69, 9.17) is 10.5 Å². The van der Waals surface area contributed by atoms with Gasteiger partial charge in [-0.15, -0.1) is 0 Å². The van der Waals surface area contributed by atoms with Gasteiger partial charge in [-0.3, -0.25) is 4.79 Å². The summed E-state index contributed by atoms with van der Waals surface area (Å²) >= 11 is 0. The van der Waals surface area contributed by atoms with Gasteiger partial charge >= 0.3 is 12.1 Å². The van der Waals surface area contributed by atoms with Crippen LogP contribution in [0.5, 0.6) is 0 Å². The first kappa shape index (κ1) is 16.7. The molecule has 0 saturated carbocycles. The van der Waals surface area contributed by atoms with Crippen molar-refractivity contribution in [2.45, 2.75) is 58.2 Å². The average molecular weight is 260 g/mol. The maximum absolute atomic E-state index is 11.6. The van der Waals surface area contributed by atoms with E-state index in [1.165, 1.54) is 7.11 Å². The molecule has 0 aromatic carbocycles. The molecule has 6 heteroatoms. The van der Waals surface area contributed by atoms with Gasteiger partial charge in [0.05, 0.1) is 13.5 Å². The number of esters is 1. The second-order valence-corrected chi connectivity index (χ2v) is 5.11. The monoisotopic (exact) mass is 260 g/mol. The smallest absolute Gasteiger partial charge is 0.407 e. The molecule has 3 N–H and O–H groups in total. The Balaban J connectivity index is 4.33. The van der Waals surface area contributed by atoms with Gasteiger partial charge in [0.15, 0.2) is 0 Å². The Hall–Kier alpha value is -1.30. The third-order valence-corrected chi connectivity index (χ3v) is 2.29. The first-order valence-electron chi connectivity index (χ1n) is 6.01. The largest absolute Gasteiger partial charge is 0.469 e. The molecule has 0 radical (unpaired) electrons. The van der Waals surface area contributed by atoms with Crippen molar-refractivity contribution in [2.75, 3.05) is 7.11 Å². The van der Waals surface area contributed by atoms with Crippen LogP contribution in [0.25, 0.3) is 0 Å². The van der Waals surface area contributed by atoms with Crippen molar-refractivity contribution in [2.24, 2.45) is 5.73 Å². The van der Waals surface area contributed by atoms with Gasteiger partial charge < -0.3 is 20.5 Å². The molecule has 0 spiro atoms. The third-order valence-electron chi connectivity index (χ3n) is 2.29. The fourth-order valence-corrected chi connectivity index (χ4v) is 1.39. The summed E-state index contributed by atoms with van der Waals surface area (Å²) in [5, 5.41) is 2.66. The van der Waals surface area contributed by atoms with Crippen LogP contribution in [-0.2, 0) is 14.3 Å². The molecule has 106 valence electrons. The highest BCUT2D eigenvalue weighted by molar-refractivity contribution is 5.71. The van der Waals surface area contributed by atoms with Crippen LogP contribution < -0.4 is 11.1 Å². The zero-order valence-electron chi connectivity index (χ0n) is 11.8. The molecule has 0 bridgehead atoms. The van der Waals surface area contributed by atoms with Crippen molar-refractivity contribution < 1.29 is 19.1 Å². The van der Waals surface area contributed by atoms with Gasteiger partial charge in [-0.1, -0.05) is 6.92 Å². The lowest BCUT2D eigenvalue weighted by Crippen LogP contribution is -2.49. The van der Waals surface area contributed by atoms with E-state index in [1.54, 1.807) is 20.8 Å². The summed E-state index contributed by atoms with van der Waals surface area (Å²) in [4.78, 5) is 22.7. The Bertz CT molecular complexity index is 286. The molecule has 6 nitrogen and oxygen atoms in total. The van der Waals surface area contributed by atoms with Crippen molar-refractivity contribution in [3.63, 3.8) is 0 Å². The second kappa shape index (κ2) is 7.20. The van der Waals surface area contributed by atoms with Crippen molar-refractivity contribution in [1.29, 1.82) is 0 Å². The number of nitrogens with two attached hydrogens (primary N) is 1. The summed E-state index contributed by atoms with van der Waals surface area (Å²) in [6.07, 6.45) is 0.136. The predicted molar refractivity (Wildman–Crippen MR) is 68.1 cm³/mol. The van der Waals surface area contributed by atoms with Gasteiger partial charge in [-0.05, 0) is 27.2 Å². The van der Waals surface area contributed by atoms with Gasteiger partial charge in [0.2, 0.25) is 0 Å². The topological polar surface area (TPSA) is 90.6 Å². The van der Waals surface area contributed by atoms with Crippen molar-refractivity contribution in [3.8, 4) is 0 Å². The minimum atomic E-state index is -0.561. The molecule has 0 aliphatic rings. The van der Waals surface area contributed by atoms with E-state index in [2.05, 4.69) is 10.1 Å². The molecule has 0 unspecified atom stereocenters. The van der Waals surface area contributed by atoms with E-state index in [0.29, 0.717) is 6.42 Å². The van der Waals surface area contributed by atoms with Crippen molar-refractivity contribution in [3.05, 3.63) is 0 Å². The lowest BCUT2D eigenvalue weighted by atomic mass is 10.0. The number of hydrogen-bond acceptors (Lipinski definition) is 5. The molecule has 0 aromatic rings. The molecule has 0 saturated heterocycles. The lowest BCUT2D eigenvalue weighted by Gasteiger charge is -2.26. The molecular weight excluding hydrogens is 236 g/mol. The van der Waals surface area contributed by atoms with E-state index < -0.39 is 23.7 Å². The van der Waals surface area contributed by atoms with Crippen LogP contribution in [0.3, 0.4) is 0 Å². The molecule has 0 aliphatic heterocycles. The zero-order chi connectivity index (χ0) is 14.3. The molecule has 0 fully saturated rings. The fraction of sp³-hybridized carbons (Fsp3) is 0.833. The van der Waals surface area contributed by atoms with E-state index >= 15 is 0 Å². The highest BCUT2D eigenvalue weighted by Crippen LogP contribution is 2.08. The Morgan fingerprint density at radius 1 is 1.33 bits per heavy atom. The van der Waals surface area contributed by atoms with Gasteiger partial charge in [-0.2, -0.15) is 0 Å². The number of ether oxygens (including phenoxy) is 2. The maximum atomic E-state index is 11.6. The summed E-state index contributed by atoms with van der Waals surface area (Å²) in [5.74, 6) is -0.396. The van der Waals surface area contributed by atoms with Gasteiger partial charge in [-0.25, -0.2) is 4.79 Å². The lowest BCUT2D eigenvalue weighted by molar-refractivity contribution is -0.141. The highest BCUT2D eigenvalue weighted by atomic mass is 16.6. The summed E-state index contributed by atoms with van der Waals surface area (Å²) in [6, 6.07) is -0.811. The number of alkyl carbamates (subject to hydrolysis) is 1. The van der Waals surface area contributed by atoms with Crippen LogP contribution >= 0.6 is 0 Å². The maximum Gasteiger partial charge on any atom is 0.407 e. The molecule has 18 heavy (non-hydrogen) atoms. The molecular formula is C12H24N2O4. The molecule has 1 amide bonds. The molecule has 2 atom stereocenters.